The van der Waals surface area contributed by atoms with Crippen LogP contribution in [-0.4, -0.2) is 49.2 Å². The lowest BCUT2D eigenvalue weighted by Gasteiger charge is -2.17. The van der Waals surface area contributed by atoms with Crippen molar-refractivity contribution < 1.29 is 36.9 Å². The highest BCUT2D eigenvalue weighted by Gasteiger charge is 2.43. The van der Waals surface area contributed by atoms with Gasteiger partial charge in [0.05, 0.1) is 11.7 Å². The lowest BCUT2D eigenvalue weighted by Crippen LogP contribution is -2.41. The summed E-state index contributed by atoms with van der Waals surface area (Å²) in [5.74, 6) is -3.88. The number of pyridine rings is 1. The minimum atomic E-state index is -5.33. The topological polar surface area (TPSA) is 174 Å². The van der Waals surface area contributed by atoms with Crippen LogP contribution in [0.3, 0.4) is 0 Å². The molecule has 3 heterocycles. The molecule has 33 heavy (non-hydrogen) atoms. The Bertz CT molecular complexity index is 1330. The number of fused-ring (bicyclic) bond motifs is 1. The van der Waals surface area contributed by atoms with Crippen LogP contribution >= 0.6 is 0 Å². The zero-order valence-electron chi connectivity index (χ0n) is 16.2. The van der Waals surface area contributed by atoms with Crippen LogP contribution in [0.5, 0.6) is 5.75 Å². The summed E-state index contributed by atoms with van der Waals surface area (Å²) in [6.45, 7) is 0. The molecule has 0 aliphatic rings. The van der Waals surface area contributed by atoms with Gasteiger partial charge in [-0.25, -0.2) is 14.4 Å². The molecule has 0 spiro atoms. The molecule has 0 saturated heterocycles. The third-order valence-corrected chi connectivity index (χ3v) is 4.20. The van der Waals surface area contributed by atoms with Crippen molar-refractivity contribution in [1.29, 1.82) is 0 Å². The van der Waals surface area contributed by atoms with E-state index in [1.165, 1.54) is 30.5 Å². The summed E-state index contributed by atoms with van der Waals surface area (Å²) in [5.41, 5.74) is 12.6. The third-order valence-electron chi connectivity index (χ3n) is 4.20. The van der Waals surface area contributed by atoms with E-state index >= 15 is 0 Å². The number of imidazole rings is 1. The quantitative estimate of drug-likeness (QED) is 0.314. The molecule has 15 heteroatoms. The van der Waals surface area contributed by atoms with Gasteiger partial charge in [-0.2, -0.15) is 13.2 Å². The molecular formula is C18H12F3N7O5. The Morgan fingerprint density at radius 1 is 1.12 bits per heavy atom. The normalized spacial score (nSPS) is 12.5. The maximum Gasteiger partial charge on any atom is 0.491 e. The van der Waals surface area contributed by atoms with E-state index in [1.807, 2.05) is 0 Å². The van der Waals surface area contributed by atoms with Crippen LogP contribution in [0.1, 0.15) is 0 Å². The second-order valence-electron chi connectivity index (χ2n) is 6.38. The first-order valence-corrected chi connectivity index (χ1v) is 8.90. The standard InChI is InChI=1S/C18H12F3N7O5/c19-18(20,21)17(30)32-16(14(23)29)31-9-3-1-8(2-4-9)28-11-5-6-24-7-10(11)25-15(28)12-13(22)27-33-26-12/h1-7,16H,(H2,22,27)(H2,23,29). The molecule has 0 bridgehead atoms. The maximum atomic E-state index is 12.4. The summed E-state index contributed by atoms with van der Waals surface area (Å²) >= 11 is 0. The minimum absolute atomic E-state index is 0.00440. The van der Waals surface area contributed by atoms with Crippen LogP contribution in [-0.2, 0) is 14.3 Å². The average Bonchev–Trinajstić information content (AvgIpc) is 3.36. The van der Waals surface area contributed by atoms with Crippen LogP contribution in [0.15, 0.2) is 47.4 Å². The fourth-order valence-electron chi connectivity index (χ4n) is 2.80. The van der Waals surface area contributed by atoms with E-state index in [-0.39, 0.29) is 23.1 Å². The molecule has 1 atom stereocenters. The number of hydrogen-bond acceptors (Lipinski definition) is 10. The number of rotatable bonds is 6. The molecule has 12 nitrogen and oxygen atoms in total. The molecule has 0 fully saturated rings. The molecular weight excluding hydrogens is 451 g/mol. The predicted octanol–water partition coefficient (Wildman–Crippen LogP) is 1.35. The first-order chi connectivity index (χ1) is 15.6. The first kappa shape index (κ1) is 21.5. The monoisotopic (exact) mass is 463 g/mol. The van der Waals surface area contributed by atoms with Gasteiger partial charge in [0.15, 0.2) is 17.3 Å². The number of anilines is 1. The van der Waals surface area contributed by atoms with Gasteiger partial charge < -0.3 is 20.9 Å². The number of ether oxygens (including phenoxy) is 2. The highest BCUT2D eigenvalue weighted by Crippen LogP contribution is 2.30. The molecule has 0 aliphatic carbocycles. The average molecular weight is 463 g/mol. The third kappa shape index (κ3) is 4.23. The van der Waals surface area contributed by atoms with E-state index in [0.717, 1.165) is 0 Å². The number of halogens is 3. The fourth-order valence-corrected chi connectivity index (χ4v) is 2.80. The summed E-state index contributed by atoms with van der Waals surface area (Å²) in [5, 5.41) is 7.30. The van der Waals surface area contributed by atoms with E-state index in [9.17, 15) is 22.8 Å². The Kier molecular flexibility index (Phi) is 5.29. The van der Waals surface area contributed by atoms with Crippen molar-refractivity contribution in [3.63, 3.8) is 0 Å². The van der Waals surface area contributed by atoms with Crippen molar-refractivity contribution in [2.45, 2.75) is 12.5 Å². The van der Waals surface area contributed by atoms with Crippen molar-refractivity contribution in [2.24, 2.45) is 5.73 Å². The number of esters is 1. The van der Waals surface area contributed by atoms with E-state index < -0.39 is 24.3 Å². The van der Waals surface area contributed by atoms with Crippen LogP contribution in [0.2, 0.25) is 0 Å². The van der Waals surface area contributed by atoms with E-state index in [4.69, 9.17) is 16.2 Å². The van der Waals surface area contributed by atoms with E-state index in [1.54, 1.807) is 16.8 Å². The van der Waals surface area contributed by atoms with E-state index in [2.05, 4.69) is 29.6 Å². The summed E-state index contributed by atoms with van der Waals surface area (Å²) in [7, 11) is 0. The summed E-state index contributed by atoms with van der Waals surface area (Å²) in [6, 6.07) is 7.29. The molecule has 1 unspecified atom stereocenters. The molecule has 170 valence electrons. The Balaban J connectivity index is 1.67. The van der Waals surface area contributed by atoms with Crippen molar-refractivity contribution in [3.05, 3.63) is 42.7 Å². The minimum Gasteiger partial charge on any atom is -0.446 e. The summed E-state index contributed by atoms with van der Waals surface area (Å²) < 4.78 is 52.5. The fraction of sp³-hybridized carbons (Fsp3) is 0.111. The number of aromatic nitrogens is 5. The largest absolute Gasteiger partial charge is 0.491 e. The second kappa shape index (κ2) is 8.10. The van der Waals surface area contributed by atoms with Gasteiger partial charge >= 0.3 is 18.4 Å². The molecule has 4 rings (SSSR count). The number of hydrogen-bond donors (Lipinski definition) is 2. The van der Waals surface area contributed by atoms with Gasteiger partial charge in [-0.3, -0.25) is 14.3 Å². The van der Waals surface area contributed by atoms with Crippen molar-refractivity contribution >= 4 is 28.7 Å². The lowest BCUT2D eigenvalue weighted by atomic mass is 10.2. The van der Waals surface area contributed by atoms with Gasteiger partial charge in [-0.05, 0) is 40.6 Å². The molecule has 1 amide bonds. The zero-order chi connectivity index (χ0) is 23.8. The Labute approximate surface area is 180 Å². The van der Waals surface area contributed by atoms with Gasteiger partial charge in [0.2, 0.25) is 0 Å². The number of nitrogens with zero attached hydrogens (tertiary/aromatic N) is 5. The zero-order valence-corrected chi connectivity index (χ0v) is 16.2. The molecule has 0 radical (unpaired) electrons. The van der Waals surface area contributed by atoms with Gasteiger partial charge in [0.25, 0.3) is 5.91 Å². The van der Waals surface area contributed by atoms with Gasteiger partial charge in [-0.15, -0.1) is 0 Å². The maximum absolute atomic E-state index is 12.4. The Hall–Kier alpha value is -4.69. The van der Waals surface area contributed by atoms with Crippen LogP contribution in [0.25, 0.3) is 28.2 Å². The van der Waals surface area contributed by atoms with Crippen molar-refractivity contribution in [1.82, 2.24) is 24.8 Å². The summed E-state index contributed by atoms with van der Waals surface area (Å²) in [6.07, 6.45) is -4.56. The number of nitrogens with two attached hydrogens (primary N) is 2. The van der Waals surface area contributed by atoms with Crippen LogP contribution in [0, 0.1) is 0 Å². The Morgan fingerprint density at radius 3 is 2.45 bits per heavy atom. The number of alkyl halides is 3. The lowest BCUT2D eigenvalue weighted by molar-refractivity contribution is -0.215. The SMILES string of the molecule is NC(=O)C(OC(=O)C(F)(F)F)Oc1ccc(-n2c(-c3nonc3N)nc3cnccc32)cc1. The number of carbonyl (C=O) groups excluding carboxylic acids is 2. The van der Waals surface area contributed by atoms with Crippen molar-refractivity contribution in [2.75, 3.05) is 5.73 Å². The number of amides is 1. The number of nitrogen functional groups attached to an aromatic ring is 1. The molecule has 4 N–H and O–H groups in total. The highest BCUT2D eigenvalue weighted by molar-refractivity contribution is 5.84. The molecule has 0 aliphatic heterocycles. The van der Waals surface area contributed by atoms with E-state index in [0.29, 0.717) is 16.7 Å². The van der Waals surface area contributed by atoms with Gasteiger partial charge in [0.1, 0.15) is 11.3 Å². The highest BCUT2D eigenvalue weighted by atomic mass is 19.4. The smallest absolute Gasteiger partial charge is 0.446 e. The molecule has 4 aromatic rings. The molecule has 0 saturated carbocycles. The molecule has 1 aromatic carbocycles. The second-order valence-corrected chi connectivity index (χ2v) is 6.38. The van der Waals surface area contributed by atoms with Crippen LogP contribution < -0.4 is 16.2 Å². The van der Waals surface area contributed by atoms with Gasteiger partial charge in [-0.1, -0.05) is 0 Å². The Morgan fingerprint density at radius 2 is 1.85 bits per heavy atom. The summed E-state index contributed by atoms with van der Waals surface area (Å²) in [4.78, 5) is 30.8. The predicted molar refractivity (Wildman–Crippen MR) is 102 cm³/mol. The number of primary amides is 1. The number of carbonyl (C=O) groups is 2. The van der Waals surface area contributed by atoms with Gasteiger partial charge in [0, 0.05) is 11.9 Å². The number of benzene rings is 1. The van der Waals surface area contributed by atoms with Crippen molar-refractivity contribution in [3.8, 4) is 23.0 Å². The molecule has 3 aromatic heterocycles. The van der Waals surface area contributed by atoms with Crippen LogP contribution in [0.4, 0.5) is 19.0 Å². The first-order valence-electron chi connectivity index (χ1n) is 8.90.